The fraction of sp³-hybridized carbons (Fsp3) is 0.0455. The fourth-order valence-electron chi connectivity index (χ4n) is 2.87. The Morgan fingerprint density at radius 2 is 1.84 bits per heavy atom. The van der Waals surface area contributed by atoms with Crippen LogP contribution >= 0.6 is 39.3 Å². The molecular formula is C22H14BrClN2O4S. The minimum atomic E-state index is -0.842. The minimum absolute atomic E-state index is 0.229. The normalized spacial score (nSPS) is 15.5. The lowest BCUT2D eigenvalue weighted by Gasteiger charge is -2.26. The molecule has 156 valence electrons. The summed E-state index contributed by atoms with van der Waals surface area (Å²) in [6.07, 6.45) is 1.31. The Bertz CT molecular complexity index is 1240. The molecule has 1 N–H and O–H groups in total. The number of carbonyl (C=O) groups is 3. The number of imide groups is 2. The molecule has 1 saturated heterocycles. The first-order valence-electron chi connectivity index (χ1n) is 9.03. The molecule has 1 fully saturated rings. The van der Waals surface area contributed by atoms with Crippen molar-refractivity contribution < 1.29 is 18.8 Å². The van der Waals surface area contributed by atoms with Gasteiger partial charge in [0.1, 0.15) is 11.3 Å². The molecule has 0 radical (unpaired) electrons. The van der Waals surface area contributed by atoms with E-state index in [1.54, 1.807) is 24.3 Å². The molecular weight excluding hydrogens is 504 g/mol. The maximum absolute atomic E-state index is 13.0. The highest BCUT2D eigenvalue weighted by molar-refractivity contribution is 9.10. The Morgan fingerprint density at radius 3 is 2.55 bits per heavy atom. The number of hydrogen-bond acceptors (Lipinski definition) is 5. The topological polar surface area (TPSA) is 79.6 Å². The molecule has 4 rings (SSSR count). The molecule has 0 atom stereocenters. The second-order valence-corrected chi connectivity index (χ2v) is 8.97. The first-order valence-corrected chi connectivity index (χ1v) is 11.0. The smallest absolute Gasteiger partial charge is 0.335 e. The number of benzene rings is 2. The molecule has 2 aromatic carbocycles. The number of barbiturate groups is 1. The molecule has 6 nitrogen and oxygen atoms in total. The molecule has 9 heteroatoms. The summed E-state index contributed by atoms with van der Waals surface area (Å²) >= 11 is 10.8. The maximum Gasteiger partial charge on any atom is 0.335 e. The lowest BCUT2D eigenvalue weighted by molar-refractivity contribution is -0.122. The number of hydrogen-bond donors (Lipinski definition) is 1. The minimum Gasteiger partial charge on any atom is -0.449 e. The summed E-state index contributed by atoms with van der Waals surface area (Å²) in [5.74, 6) is -1.27. The molecule has 0 saturated carbocycles. The third kappa shape index (κ3) is 4.61. The van der Waals surface area contributed by atoms with Gasteiger partial charge >= 0.3 is 6.03 Å². The second-order valence-electron chi connectivity index (χ2n) is 6.64. The second kappa shape index (κ2) is 8.74. The summed E-state index contributed by atoms with van der Waals surface area (Å²) in [4.78, 5) is 39.4. The molecule has 0 unspecified atom stereocenters. The summed E-state index contributed by atoms with van der Waals surface area (Å²) in [6, 6.07) is 15.0. The highest BCUT2D eigenvalue weighted by Gasteiger charge is 2.37. The van der Waals surface area contributed by atoms with E-state index in [2.05, 4.69) is 21.2 Å². The van der Waals surface area contributed by atoms with Gasteiger partial charge < -0.3 is 4.42 Å². The van der Waals surface area contributed by atoms with Crippen molar-refractivity contribution in [2.75, 3.05) is 4.90 Å². The van der Waals surface area contributed by atoms with Crippen molar-refractivity contribution in [2.45, 2.75) is 16.9 Å². The third-order valence-electron chi connectivity index (χ3n) is 4.36. The molecule has 1 aromatic heterocycles. The van der Waals surface area contributed by atoms with Crippen molar-refractivity contribution in [1.82, 2.24) is 5.32 Å². The van der Waals surface area contributed by atoms with Crippen LogP contribution in [-0.4, -0.2) is 17.8 Å². The van der Waals surface area contributed by atoms with E-state index in [4.69, 9.17) is 16.0 Å². The van der Waals surface area contributed by atoms with Crippen LogP contribution in [0.25, 0.3) is 6.08 Å². The van der Waals surface area contributed by atoms with Crippen molar-refractivity contribution in [2.24, 2.45) is 0 Å². The van der Waals surface area contributed by atoms with Crippen LogP contribution in [0.1, 0.15) is 11.3 Å². The number of amides is 4. The largest absolute Gasteiger partial charge is 0.449 e. The zero-order valence-electron chi connectivity index (χ0n) is 16.0. The molecule has 31 heavy (non-hydrogen) atoms. The molecule has 0 spiro atoms. The van der Waals surface area contributed by atoms with E-state index in [0.29, 0.717) is 20.3 Å². The van der Waals surface area contributed by atoms with E-state index in [1.165, 1.54) is 23.9 Å². The van der Waals surface area contributed by atoms with Gasteiger partial charge in [-0.2, -0.15) is 0 Å². The van der Waals surface area contributed by atoms with Gasteiger partial charge in [0.25, 0.3) is 11.8 Å². The van der Waals surface area contributed by atoms with Gasteiger partial charge in [-0.15, -0.1) is 0 Å². The summed E-state index contributed by atoms with van der Waals surface area (Å²) in [5, 5.41) is 3.10. The standard InChI is InChI=1S/C22H14BrClN2O4S/c1-12-5-7-16(8-6-12)31-21-18(23)11-15(30-21)10-17-19(27)25-22(29)26(20(17)28)14-4-2-3-13(24)9-14/h2-11H,1H3,(H,25,27,29)/b17-10+. The van der Waals surface area contributed by atoms with Gasteiger partial charge in [0, 0.05) is 9.92 Å². The van der Waals surface area contributed by atoms with Crippen LogP contribution in [0.15, 0.2) is 79.0 Å². The molecule has 1 aliphatic rings. The average molecular weight is 518 g/mol. The zero-order valence-corrected chi connectivity index (χ0v) is 19.2. The zero-order chi connectivity index (χ0) is 22.1. The maximum atomic E-state index is 13.0. The SMILES string of the molecule is Cc1ccc(Sc2oc(/C=C3\C(=O)NC(=O)N(c4cccc(Cl)c4)C3=O)cc2Br)cc1. The van der Waals surface area contributed by atoms with E-state index >= 15 is 0 Å². The third-order valence-corrected chi connectivity index (χ3v) is 6.44. The van der Waals surface area contributed by atoms with Crippen LogP contribution in [0.5, 0.6) is 0 Å². The van der Waals surface area contributed by atoms with Crippen LogP contribution in [0.3, 0.4) is 0 Å². The molecule has 2 heterocycles. The first-order chi connectivity index (χ1) is 14.8. The van der Waals surface area contributed by atoms with E-state index in [0.717, 1.165) is 15.4 Å². The highest BCUT2D eigenvalue weighted by atomic mass is 79.9. The predicted octanol–water partition coefficient (Wildman–Crippen LogP) is 5.82. The lowest BCUT2D eigenvalue weighted by atomic mass is 10.1. The Balaban J connectivity index is 1.64. The van der Waals surface area contributed by atoms with Crippen LogP contribution in [0, 0.1) is 6.92 Å². The number of urea groups is 1. The Labute approximate surface area is 195 Å². The monoisotopic (exact) mass is 516 g/mol. The van der Waals surface area contributed by atoms with E-state index in [9.17, 15) is 14.4 Å². The van der Waals surface area contributed by atoms with Gasteiger partial charge in [-0.3, -0.25) is 14.9 Å². The number of nitrogens with zero attached hydrogens (tertiary/aromatic N) is 1. The molecule has 0 bridgehead atoms. The number of aryl methyl sites for hydroxylation is 1. The molecule has 4 amide bonds. The van der Waals surface area contributed by atoms with E-state index in [-0.39, 0.29) is 11.3 Å². The van der Waals surface area contributed by atoms with Crippen LogP contribution in [0.4, 0.5) is 10.5 Å². The lowest BCUT2D eigenvalue weighted by Crippen LogP contribution is -2.54. The van der Waals surface area contributed by atoms with Crippen molar-refractivity contribution in [3.05, 3.63) is 81.0 Å². The van der Waals surface area contributed by atoms with Crippen molar-refractivity contribution in [1.29, 1.82) is 0 Å². The Kier molecular flexibility index (Phi) is 6.04. The Hall–Kier alpha value is -2.81. The summed E-state index contributed by atoms with van der Waals surface area (Å²) < 4.78 is 6.50. The number of furan rings is 1. The van der Waals surface area contributed by atoms with Crippen LogP contribution in [0.2, 0.25) is 5.02 Å². The quantitative estimate of drug-likeness (QED) is 0.348. The summed E-state index contributed by atoms with van der Waals surface area (Å²) in [7, 11) is 0. The number of halogens is 2. The van der Waals surface area contributed by atoms with Crippen LogP contribution in [-0.2, 0) is 9.59 Å². The fourth-order valence-corrected chi connectivity index (χ4v) is 4.39. The van der Waals surface area contributed by atoms with Gasteiger partial charge in [-0.25, -0.2) is 9.69 Å². The molecule has 0 aliphatic carbocycles. The van der Waals surface area contributed by atoms with Gasteiger partial charge in [0.05, 0.1) is 10.2 Å². The summed E-state index contributed by atoms with van der Waals surface area (Å²) in [6.45, 7) is 2.01. The average Bonchev–Trinajstić information content (AvgIpc) is 3.06. The number of anilines is 1. The number of carbonyl (C=O) groups excluding carboxylic acids is 3. The number of nitrogens with one attached hydrogen (secondary N) is 1. The molecule has 1 aliphatic heterocycles. The van der Waals surface area contributed by atoms with Gasteiger partial charge in [0.2, 0.25) is 0 Å². The van der Waals surface area contributed by atoms with Crippen molar-refractivity contribution in [3.63, 3.8) is 0 Å². The predicted molar refractivity (Wildman–Crippen MR) is 122 cm³/mol. The van der Waals surface area contributed by atoms with E-state index in [1.807, 2.05) is 31.2 Å². The summed E-state index contributed by atoms with van der Waals surface area (Å²) in [5.41, 5.74) is 1.17. The van der Waals surface area contributed by atoms with Crippen LogP contribution < -0.4 is 10.2 Å². The number of rotatable bonds is 4. The first kappa shape index (κ1) is 21.4. The Morgan fingerprint density at radius 1 is 1.10 bits per heavy atom. The van der Waals surface area contributed by atoms with Gasteiger partial charge in [-0.1, -0.05) is 47.1 Å². The molecule has 3 aromatic rings. The van der Waals surface area contributed by atoms with Crippen molar-refractivity contribution >= 4 is 68.9 Å². The van der Waals surface area contributed by atoms with Crippen molar-refractivity contribution in [3.8, 4) is 0 Å². The highest BCUT2D eigenvalue weighted by Crippen LogP contribution is 2.37. The van der Waals surface area contributed by atoms with Gasteiger partial charge in [0.15, 0.2) is 5.09 Å². The van der Waals surface area contributed by atoms with E-state index < -0.39 is 17.8 Å². The van der Waals surface area contributed by atoms with Gasteiger partial charge in [-0.05, 0) is 65.3 Å².